The first kappa shape index (κ1) is 21.7. The van der Waals surface area contributed by atoms with Gasteiger partial charge in [-0.25, -0.2) is 15.0 Å². The average Bonchev–Trinajstić information content (AvgIpc) is 3.21. The van der Waals surface area contributed by atoms with E-state index in [2.05, 4.69) is 99.2 Å². The van der Waals surface area contributed by atoms with Gasteiger partial charge in [0, 0.05) is 22.0 Å². The Bertz CT molecular complexity index is 1820. The van der Waals surface area contributed by atoms with Gasteiger partial charge >= 0.3 is 0 Å². The number of fused-ring (bicyclic) bond motifs is 3. The summed E-state index contributed by atoms with van der Waals surface area (Å²) in [6, 6.07) is 31.7. The lowest BCUT2D eigenvalue weighted by Crippen LogP contribution is -2.02. The molecule has 0 aliphatic heterocycles. The third-order valence-electron chi connectivity index (χ3n) is 6.61. The van der Waals surface area contributed by atoms with Gasteiger partial charge < -0.3 is 4.57 Å². The Hall–Kier alpha value is -4.82. The topological polar surface area (TPSA) is 67.4 Å². The van der Waals surface area contributed by atoms with E-state index >= 15 is 0 Å². The van der Waals surface area contributed by atoms with E-state index in [-0.39, 0.29) is 0 Å². The van der Waals surface area contributed by atoms with Gasteiger partial charge in [0.25, 0.3) is 0 Å². The number of benzene rings is 4. The molecule has 0 bridgehead atoms. The van der Waals surface area contributed by atoms with Crippen LogP contribution < -0.4 is 0 Å². The van der Waals surface area contributed by atoms with E-state index in [1.165, 1.54) is 27.5 Å². The molecule has 172 valence electrons. The smallest absolute Gasteiger partial charge is 0.164 e. The van der Waals surface area contributed by atoms with E-state index in [1.54, 1.807) is 0 Å². The van der Waals surface area contributed by atoms with Crippen molar-refractivity contribution < 1.29 is 0 Å². The minimum absolute atomic E-state index is 0.514. The zero-order chi connectivity index (χ0) is 24.8. The fourth-order valence-corrected chi connectivity index (χ4v) is 5.00. The second kappa shape index (κ2) is 8.44. The Labute approximate surface area is 209 Å². The zero-order valence-corrected chi connectivity index (χ0v) is 20.3. The molecule has 0 saturated carbocycles. The van der Waals surface area contributed by atoms with Crippen molar-refractivity contribution in [1.82, 2.24) is 19.5 Å². The quantitative estimate of drug-likeness (QED) is 0.280. The molecular formula is C31H23N5. The van der Waals surface area contributed by atoms with Crippen LogP contribution in [-0.4, -0.2) is 19.5 Å². The van der Waals surface area contributed by atoms with E-state index in [0.29, 0.717) is 28.6 Å². The number of rotatable bonds is 3. The van der Waals surface area contributed by atoms with Crippen molar-refractivity contribution >= 4 is 21.8 Å². The summed E-state index contributed by atoms with van der Waals surface area (Å²) in [6.07, 6.45) is 0. The maximum Gasteiger partial charge on any atom is 0.164 e. The first-order chi connectivity index (χ1) is 17.5. The van der Waals surface area contributed by atoms with E-state index in [9.17, 15) is 5.26 Å². The lowest BCUT2D eigenvalue weighted by molar-refractivity contribution is 0.927. The number of hydrogen-bond donors (Lipinski definition) is 0. The average molecular weight is 466 g/mol. The van der Waals surface area contributed by atoms with Crippen LogP contribution in [0.2, 0.25) is 0 Å². The number of nitriles is 1. The summed E-state index contributed by atoms with van der Waals surface area (Å²) >= 11 is 0. The summed E-state index contributed by atoms with van der Waals surface area (Å²) in [5, 5.41) is 12.2. The predicted octanol–water partition coefficient (Wildman–Crippen LogP) is 7.10. The van der Waals surface area contributed by atoms with Crippen LogP contribution in [0.1, 0.15) is 22.8 Å². The van der Waals surface area contributed by atoms with E-state index in [4.69, 9.17) is 0 Å². The molecule has 0 atom stereocenters. The number of hydrogen-bond acceptors (Lipinski definition) is 4. The predicted molar refractivity (Wildman–Crippen MR) is 144 cm³/mol. The Morgan fingerprint density at radius 2 is 1.39 bits per heavy atom. The SMILES string of the molecule is Cc1nc(C)nc(-c2cc(-n3c4ccccc4c4ccc(-c5ccccc5C)cc43)ccc2C#N)n1. The van der Waals surface area contributed by atoms with Crippen LogP contribution in [0.4, 0.5) is 0 Å². The van der Waals surface area contributed by atoms with Crippen molar-refractivity contribution in [2.75, 3.05) is 0 Å². The van der Waals surface area contributed by atoms with Crippen molar-refractivity contribution in [1.29, 1.82) is 5.26 Å². The van der Waals surface area contributed by atoms with Gasteiger partial charge in [0.15, 0.2) is 5.82 Å². The number of aromatic nitrogens is 4. The first-order valence-electron chi connectivity index (χ1n) is 11.9. The molecule has 2 heterocycles. The Kier molecular flexibility index (Phi) is 5.09. The highest BCUT2D eigenvalue weighted by molar-refractivity contribution is 6.10. The molecule has 0 aliphatic carbocycles. The standard InChI is InChI=1S/C31H23N5/c1-19-8-4-5-9-25(19)22-13-15-27-26-10-6-7-11-29(26)36(30(27)16-22)24-14-12-23(18-32)28(17-24)31-34-20(2)33-21(3)35-31/h4-17H,1-3H3. The van der Waals surface area contributed by atoms with E-state index in [1.807, 2.05) is 32.0 Å². The van der Waals surface area contributed by atoms with Gasteiger partial charge in [-0.05, 0) is 67.8 Å². The highest BCUT2D eigenvalue weighted by Gasteiger charge is 2.17. The highest BCUT2D eigenvalue weighted by atomic mass is 15.0. The molecule has 0 saturated heterocycles. The molecule has 36 heavy (non-hydrogen) atoms. The minimum atomic E-state index is 0.514. The maximum absolute atomic E-state index is 9.84. The molecule has 5 heteroatoms. The lowest BCUT2D eigenvalue weighted by atomic mass is 9.99. The molecule has 0 fully saturated rings. The summed E-state index contributed by atoms with van der Waals surface area (Å²) in [4.78, 5) is 13.4. The molecular weight excluding hydrogens is 442 g/mol. The summed E-state index contributed by atoms with van der Waals surface area (Å²) in [6.45, 7) is 5.82. The van der Waals surface area contributed by atoms with Crippen LogP contribution in [0.5, 0.6) is 0 Å². The van der Waals surface area contributed by atoms with Gasteiger partial charge in [-0.15, -0.1) is 0 Å². The van der Waals surface area contributed by atoms with Gasteiger partial charge in [0.05, 0.1) is 22.7 Å². The summed E-state index contributed by atoms with van der Waals surface area (Å²) in [7, 11) is 0. The number of para-hydroxylation sites is 1. The van der Waals surface area contributed by atoms with Crippen LogP contribution in [0, 0.1) is 32.1 Å². The molecule has 0 radical (unpaired) electrons. The highest BCUT2D eigenvalue weighted by Crippen LogP contribution is 2.36. The van der Waals surface area contributed by atoms with Crippen molar-refractivity contribution in [2.24, 2.45) is 0 Å². The third kappa shape index (κ3) is 3.52. The molecule has 0 N–H and O–H groups in total. The van der Waals surface area contributed by atoms with Gasteiger partial charge in [-0.1, -0.05) is 54.6 Å². The van der Waals surface area contributed by atoms with Crippen molar-refractivity contribution in [2.45, 2.75) is 20.8 Å². The molecule has 6 rings (SSSR count). The van der Waals surface area contributed by atoms with Crippen molar-refractivity contribution in [3.05, 3.63) is 108 Å². The normalized spacial score (nSPS) is 11.2. The first-order valence-corrected chi connectivity index (χ1v) is 11.9. The van der Waals surface area contributed by atoms with Crippen molar-refractivity contribution in [3.8, 4) is 34.3 Å². The van der Waals surface area contributed by atoms with Crippen molar-refractivity contribution in [3.63, 3.8) is 0 Å². The van der Waals surface area contributed by atoms with Crippen LogP contribution in [-0.2, 0) is 0 Å². The molecule has 6 aromatic rings. The molecule has 0 spiro atoms. The molecule has 4 aromatic carbocycles. The summed E-state index contributed by atoms with van der Waals surface area (Å²) in [5.41, 5.74) is 8.02. The molecule has 0 aliphatic rings. The second-order valence-electron chi connectivity index (χ2n) is 8.99. The van der Waals surface area contributed by atoms with Gasteiger partial charge in [-0.3, -0.25) is 0 Å². The second-order valence-corrected chi connectivity index (χ2v) is 8.99. The molecule has 5 nitrogen and oxygen atoms in total. The molecule has 0 unspecified atom stereocenters. The van der Waals surface area contributed by atoms with Crippen LogP contribution in [0.3, 0.4) is 0 Å². The zero-order valence-electron chi connectivity index (χ0n) is 20.3. The summed E-state index contributed by atoms with van der Waals surface area (Å²) < 4.78 is 2.26. The summed E-state index contributed by atoms with van der Waals surface area (Å²) in [5.74, 6) is 1.78. The maximum atomic E-state index is 9.84. The van der Waals surface area contributed by atoms with Gasteiger partial charge in [0.2, 0.25) is 0 Å². The Morgan fingerprint density at radius 3 is 2.17 bits per heavy atom. The largest absolute Gasteiger partial charge is 0.309 e. The molecule has 2 aromatic heterocycles. The fourth-order valence-electron chi connectivity index (χ4n) is 5.00. The van der Waals surface area contributed by atoms with Gasteiger partial charge in [0.1, 0.15) is 11.6 Å². The fraction of sp³-hybridized carbons (Fsp3) is 0.0968. The minimum Gasteiger partial charge on any atom is -0.309 e. The number of aryl methyl sites for hydroxylation is 3. The van der Waals surface area contributed by atoms with E-state index < -0.39 is 0 Å². The Morgan fingerprint density at radius 1 is 0.667 bits per heavy atom. The third-order valence-corrected chi connectivity index (χ3v) is 6.61. The molecule has 0 amide bonds. The lowest BCUT2D eigenvalue weighted by Gasteiger charge is -2.12. The van der Waals surface area contributed by atoms with Crippen LogP contribution in [0.15, 0.2) is 84.9 Å². The van der Waals surface area contributed by atoms with Gasteiger partial charge in [-0.2, -0.15) is 5.26 Å². The number of nitrogens with zero attached hydrogens (tertiary/aromatic N) is 5. The Balaban J connectivity index is 1.65. The van der Waals surface area contributed by atoms with E-state index in [0.717, 1.165) is 16.7 Å². The monoisotopic (exact) mass is 465 g/mol. The van der Waals surface area contributed by atoms with Crippen LogP contribution >= 0.6 is 0 Å². The van der Waals surface area contributed by atoms with Crippen LogP contribution in [0.25, 0.3) is 50.0 Å².